The normalized spacial score (nSPS) is 15.6. The molecule has 3 aromatic rings. The predicted molar refractivity (Wildman–Crippen MR) is 110 cm³/mol. The van der Waals surface area contributed by atoms with Crippen LogP contribution >= 0.6 is 0 Å². The largest absolute Gasteiger partial charge is 0.369 e. The topological polar surface area (TPSA) is 67.1 Å². The maximum absolute atomic E-state index is 5.31. The van der Waals surface area contributed by atoms with E-state index in [2.05, 4.69) is 56.5 Å². The maximum atomic E-state index is 5.31. The summed E-state index contributed by atoms with van der Waals surface area (Å²) in [6.07, 6.45) is 4.18. The fourth-order valence-corrected chi connectivity index (χ4v) is 3.67. The van der Waals surface area contributed by atoms with Gasteiger partial charge in [-0.3, -0.25) is 4.90 Å². The molecule has 6 nitrogen and oxygen atoms in total. The highest BCUT2D eigenvalue weighted by Gasteiger charge is 2.20. The Morgan fingerprint density at radius 3 is 2.61 bits per heavy atom. The smallest absolute Gasteiger partial charge is 0.261 e. The van der Waals surface area contributed by atoms with Crippen molar-refractivity contribution in [3.8, 4) is 11.5 Å². The van der Waals surface area contributed by atoms with Crippen LogP contribution in [-0.4, -0.2) is 39.7 Å². The van der Waals surface area contributed by atoms with Crippen LogP contribution in [0.5, 0.6) is 0 Å². The molecule has 6 heteroatoms. The van der Waals surface area contributed by atoms with E-state index < -0.39 is 0 Å². The van der Waals surface area contributed by atoms with Crippen LogP contribution in [0.25, 0.3) is 11.5 Å². The van der Waals surface area contributed by atoms with Crippen molar-refractivity contribution in [1.82, 2.24) is 20.0 Å². The molecule has 0 atom stereocenters. The van der Waals surface area contributed by atoms with Gasteiger partial charge < -0.3 is 9.84 Å². The summed E-state index contributed by atoms with van der Waals surface area (Å²) in [4.78, 5) is 11.4. The molecule has 1 fully saturated rings. The monoisotopic (exact) mass is 377 g/mol. The number of rotatable bonds is 6. The first-order valence-electron chi connectivity index (χ1n) is 9.95. The van der Waals surface area contributed by atoms with E-state index in [9.17, 15) is 0 Å². The van der Waals surface area contributed by atoms with Crippen LogP contribution in [0.1, 0.15) is 29.8 Å². The van der Waals surface area contributed by atoms with Crippen molar-refractivity contribution in [1.29, 1.82) is 0 Å². The van der Waals surface area contributed by atoms with Crippen LogP contribution in [0.3, 0.4) is 0 Å². The minimum Gasteiger partial charge on any atom is -0.369 e. The number of nitrogens with zero attached hydrogens (tertiary/aromatic N) is 4. The molecule has 0 amide bonds. The summed E-state index contributed by atoms with van der Waals surface area (Å²) in [5, 5.41) is 7.39. The van der Waals surface area contributed by atoms with Gasteiger partial charge in [-0.15, -0.1) is 0 Å². The van der Waals surface area contributed by atoms with Crippen LogP contribution in [0, 0.1) is 19.8 Å². The van der Waals surface area contributed by atoms with Crippen molar-refractivity contribution in [3.05, 3.63) is 59.5 Å². The van der Waals surface area contributed by atoms with E-state index in [0.717, 1.165) is 37.6 Å². The van der Waals surface area contributed by atoms with Crippen LogP contribution in [0.15, 0.2) is 47.1 Å². The van der Waals surface area contributed by atoms with Gasteiger partial charge in [-0.2, -0.15) is 4.98 Å². The SMILES string of the molecule is Cc1ccc(CN2CCC(CNc3ncccc3-c3nc(C)no3)CC2)cc1. The van der Waals surface area contributed by atoms with Gasteiger partial charge in [-0.05, 0) is 63.4 Å². The standard InChI is InChI=1S/C22H27N5O/c1-16-5-7-19(8-6-16)15-27-12-9-18(10-13-27)14-24-21-20(4-3-11-23-21)22-25-17(2)26-28-22/h3-8,11,18H,9-10,12-15H2,1-2H3,(H,23,24). The third kappa shape index (κ3) is 4.57. The molecular weight excluding hydrogens is 350 g/mol. The number of aromatic nitrogens is 3. The van der Waals surface area contributed by atoms with Crippen LogP contribution in [0.2, 0.25) is 0 Å². The fraction of sp³-hybridized carbons (Fsp3) is 0.409. The van der Waals surface area contributed by atoms with Gasteiger partial charge in [-0.1, -0.05) is 35.0 Å². The Labute approximate surface area is 166 Å². The zero-order chi connectivity index (χ0) is 19.3. The Hall–Kier alpha value is -2.73. The third-order valence-electron chi connectivity index (χ3n) is 5.36. The van der Waals surface area contributed by atoms with E-state index in [1.807, 2.05) is 19.1 Å². The van der Waals surface area contributed by atoms with Crippen LogP contribution in [0.4, 0.5) is 5.82 Å². The fourth-order valence-electron chi connectivity index (χ4n) is 3.67. The van der Waals surface area contributed by atoms with Gasteiger partial charge in [0.05, 0.1) is 5.56 Å². The molecule has 1 aliphatic heterocycles. The molecule has 0 saturated carbocycles. The number of hydrogen-bond donors (Lipinski definition) is 1. The Bertz CT molecular complexity index is 897. The average Bonchev–Trinajstić information content (AvgIpc) is 3.16. The summed E-state index contributed by atoms with van der Waals surface area (Å²) in [7, 11) is 0. The first-order valence-corrected chi connectivity index (χ1v) is 9.95. The maximum Gasteiger partial charge on any atom is 0.261 e. The highest BCUT2D eigenvalue weighted by atomic mass is 16.5. The molecular formula is C22H27N5O. The lowest BCUT2D eigenvalue weighted by Gasteiger charge is -2.32. The van der Waals surface area contributed by atoms with E-state index >= 15 is 0 Å². The zero-order valence-electron chi connectivity index (χ0n) is 16.6. The minimum atomic E-state index is 0.515. The summed E-state index contributed by atoms with van der Waals surface area (Å²) < 4.78 is 5.31. The highest BCUT2D eigenvalue weighted by Crippen LogP contribution is 2.26. The van der Waals surface area contributed by atoms with Gasteiger partial charge in [0.2, 0.25) is 0 Å². The van der Waals surface area contributed by atoms with Gasteiger partial charge in [0.15, 0.2) is 5.82 Å². The number of hydrogen-bond acceptors (Lipinski definition) is 6. The second-order valence-corrected chi connectivity index (χ2v) is 7.63. The van der Waals surface area contributed by atoms with Gasteiger partial charge in [0, 0.05) is 19.3 Å². The molecule has 0 aliphatic carbocycles. The lowest BCUT2D eigenvalue weighted by molar-refractivity contribution is 0.182. The van der Waals surface area contributed by atoms with Crippen molar-refractivity contribution in [2.24, 2.45) is 5.92 Å². The number of benzene rings is 1. The minimum absolute atomic E-state index is 0.515. The molecule has 0 radical (unpaired) electrons. The van der Waals surface area contributed by atoms with Crippen molar-refractivity contribution >= 4 is 5.82 Å². The molecule has 28 heavy (non-hydrogen) atoms. The van der Waals surface area contributed by atoms with E-state index in [-0.39, 0.29) is 0 Å². The molecule has 146 valence electrons. The molecule has 1 saturated heterocycles. The molecule has 1 aliphatic rings. The molecule has 0 unspecified atom stereocenters. The van der Waals surface area contributed by atoms with Crippen LogP contribution in [-0.2, 0) is 6.54 Å². The number of anilines is 1. The average molecular weight is 377 g/mol. The predicted octanol–water partition coefficient (Wildman–Crippen LogP) is 4.07. The Kier molecular flexibility index (Phi) is 5.67. The molecule has 0 spiro atoms. The van der Waals surface area contributed by atoms with Gasteiger partial charge in [0.1, 0.15) is 5.82 Å². The van der Waals surface area contributed by atoms with E-state index in [1.54, 1.807) is 6.20 Å². The van der Waals surface area contributed by atoms with Gasteiger partial charge >= 0.3 is 0 Å². The van der Waals surface area contributed by atoms with E-state index in [1.165, 1.54) is 24.0 Å². The number of piperidine rings is 1. The zero-order valence-corrected chi connectivity index (χ0v) is 16.6. The van der Waals surface area contributed by atoms with Crippen molar-refractivity contribution in [3.63, 3.8) is 0 Å². The molecule has 3 heterocycles. The second kappa shape index (κ2) is 8.52. The summed E-state index contributed by atoms with van der Waals surface area (Å²) >= 11 is 0. The number of pyridine rings is 1. The second-order valence-electron chi connectivity index (χ2n) is 7.63. The van der Waals surface area contributed by atoms with Crippen LogP contribution < -0.4 is 5.32 Å². The van der Waals surface area contributed by atoms with Gasteiger partial charge in [0.25, 0.3) is 5.89 Å². The Morgan fingerprint density at radius 2 is 1.89 bits per heavy atom. The summed E-state index contributed by atoms with van der Waals surface area (Å²) in [5.41, 5.74) is 3.58. The summed E-state index contributed by atoms with van der Waals surface area (Å²) in [5.74, 6) is 2.61. The van der Waals surface area contributed by atoms with E-state index in [0.29, 0.717) is 17.6 Å². The number of likely N-dealkylation sites (tertiary alicyclic amines) is 1. The number of nitrogens with one attached hydrogen (secondary N) is 1. The lowest BCUT2D eigenvalue weighted by atomic mass is 9.96. The molecule has 2 aromatic heterocycles. The number of aryl methyl sites for hydroxylation is 2. The quantitative estimate of drug-likeness (QED) is 0.698. The lowest BCUT2D eigenvalue weighted by Crippen LogP contribution is -2.35. The summed E-state index contributed by atoms with van der Waals surface area (Å²) in [6.45, 7) is 8.18. The summed E-state index contributed by atoms with van der Waals surface area (Å²) in [6, 6.07) is 12.7. The first-order chi connectivity index (χ1) is 13.7. The van der Waals surface area contributed by atoms with Crippen molar-refractivity contribution in [2.75, 3.05) is 25.0 Å². The molecule has 1 aromatic carbocycles. The molecule has 1 N–H and O–H groups in total. The van der Waals surface area contributed by atoms with E-state index in [4.69, 9.17) is 4.52 Å². The van der Waals surface area contributed by atoms with Gasteiger partial charge in [-0.25, -0.2) is 4.98 Å². The van der Waals surface area contributed by atoms with Crippen molar-refractivity contribution in [2.45, 2.75) is 33.2 Å². The Morgan fingerprint density at radius 1 is 1.11 bits per heavy atom. The molecule has 4 rings (SSSR count). The first kappa shape index (κ1) is 18.6. The van der Waals surface area contributed by atoms with Crippen molar-refractivity contribution < 1.29 is 4.52 Å². The third-order valence-corrected chi connectivity index (χ3v) is 5.36. The molecule has 0 bridgehead atoms. The highest BCUT2D eigenvalue weighted by molar-refractivity contribution is 5.68. The Balaban J connectivity index is 1.30.